The molecule has 0 saturated heterocycles. The zero-order chi connectivity index (χ0) is 21.6. The second-order valence-electron chi connectivity index (χ2n) is 6.15. The van der Waals surface area contributed by atoms with E-state index in [0.29, 0.717) is 0 Å². The predicted octanol–water partition coefficient (Wildman–Crippen LogP) is 5.89. The van der Waals surface area contributed by atoms with Crippen molar-refractivity contribution in [1.82, 2.24) is 0 Å². The first-order valence-electron chi connectivity index (χ1n) is 7.88. The van der Waals surface area contributed by atoms with Crippen LogP contribution in [0.3, 0.4) is 0 Å². The van der Waals surface area contributed by atoms with E-state index in [0.717, 1.165) is 6.07 Å². The number of hydrogen-bond donors (Lipinski definition) is 3. The van der Waals surface area contributed by atoms with Gasteiger partial charge in [0.05, 0.1) is 5.02 Å². The monoisotopic (exact) mass is 492 g/mol. The van der Waals surface area contributed by atoms with Crippen LogP contribution in [0.2, 0.25) is 20.1 Å². The van der Waals surface area contributed by atoms with Crippen molar-refractivity contribution in [3.05, 3.63) is 91.4 Å². The molecule has 152 valence electrons. The lowest BCUT2D eigenvalue weighted by Crippen LogP contribution is -2.38. The van der Waals surface area contributed by atoms with Gasteiger partial charge in [0.15, 0.2) is 4.75 Å². The molecule has 0 aromatic heterocycles. The maximum atomic E-state index is 12.9. The fourth-order valence-corrected chi connectivity index (χ4v) is 5.29. The Morgan fingerprint density at radius 2 is 1.24 bits per heavy atom. The van der Waals surface area contributed by atoms with E-state index in [1.165, 1.54) is 48.5 Å². The zero-order valence-electron chi connectivity index (χ0n) is 14.3. The molecule has 0 radical (unpaired) electrons. The van der Waals surface area contributed by atoms with Crippen LogP contribution < -0.4 is 0 Å². The highest BCUT2D eigenvalue weighted by Gasteiger charge is 2.49. The molecule has 0 aliphatic carbocycles. The van der Waals surface area contributed by atoms with Crippen LogP contribution in [-0.4, -0.2) is 23.2 Å². The lowest BCUT2D eigenvalue weighted by Gasteiger charge is -2.33. The molecule has 5 nitrogen and oxygen atoms in total. The standard InChI is InChI=1S/C19H12Cl4O5S/c20-13-5-11(6-14(21)9-13)19(29(26,27)28,10-1-3-15(24)4-2-10)12-7-16(22)18(23)17(25)8-12/h1-9,24-25H,(H,26,27,28). The van der Waals surface area contributed by atoms with Crippen LogP contribution in [0.1, 0.15) is 16.7 Å². The van der Waals surface area contributed by atoms with Gasteiger partial charge in [0.1, 0.15) is 16.5 Å². The quantitative estimate of drug-likeness (QED) is 0.311. The van der Waals surface area contributed by atoms with E-state index in [2.05, 4.69) is 0 Å². The average Bonchev–Trinajstić information content (AvgIpc) is 2.59. The molecule has 29 heavy (non-hydrogen) atoms. The Balaban J connectivity index is 2.56. The number of benzene rings is 3. The average molecular weight is 494 g/mol. The Morgan fingerprint density at radius 1 is 0.724 bits per heavy atom. The summed E-state index contributed by atoms with van der Waals surface area (Å²) in [6.45, 7) is 0. The molecule has 3 aromatic rings. The number of phenols is 2. The molecule has 1 unspecified atom stereocenters. The lowest BCUT2D eigenvalue weighted by atomic mass is 9.84. The van der Waals surface area contributed by atoms with Gasteiger partial charge in [-0.2, -0.15) is 8.42 Å². The van der Waals surface area contributed by atoms with Crippen LogP contribution in [-0.2, 0) is 14.9 Å². The third kappa shape index (κ3) is 3.89. The van der Waals surface area contributed by atoms with Gasteiger partial charge in [-0.25, -0.2) is 0 Å². The molecule has 0 aliphatic rings. The second kappa shape index (κ2) is 7.87. The third-order valence-corrected chi connectivity index (χ3v) is 7.05. The van der Waals surface area contributed by atoms with Crippen LogP contribution in [0.4, 0.5) is 0 Å². The number of rotatable bonds is 4. The molecule has 1 atom stereocenters. The van der Waals surface area contributed by atoms with Gasteiger partial charge in [0.2, 0.25) is 0 Å². The molecule has 0 saturated carbocycles. The maximum Gasteiger partial charge on any atom is 0.283 e. The Morgan fingerprint density at radius 3 is 1.72 bits per heavy atom. The lowest BCUT2D eigenvalue weighted by molar-refractivity contribution is 0.455. The summed E-state index contributed by atoms with van der Waals surface area (Å²) in [7, 11) is -4.99. The first-order chi connectivity index (χ1) is 13.5. The minimum atomic E-state index is -4.99. The van der Waals surface area contributed by atoms with E-state index in [9.17, 15) is 23.2 Å². The predicted molar refractivity (Wildman–Crippen MR) is 114 cm³/mol. The van der Waals surface area contributed by atoms with Gasteiger partial charge >= 0.3 is 0 Å². The number of hydrogen-bond acceptors (Lipinski definition) is 4. The fraction of sp³-hybridized carbons (Fsp3) is 0.0526. The zero-order valence-corrected chi connectivity index (χ0v) is 18.1. The first-order valence-corrected chi connectivity index (χ1v) is 10.8. The summed E-state index contributed by atoms with van der Waals surface area (Å²) in [4.78, 5) is 0. The van der Waals surface area contributed by atoms with Crippen LogP contribution in [0.25, 0.3) is 0 Å². The SMILES string of the molecule is O=S(=O)(O)C(c1ccc(O)cc1)(c1cc(Cl)cc(Cl)c1)c1cc(O)c(Cl)c(Cl)c1. The largest absolute Gasteiger partial charge is 0.508 e. The molecule has 0 fully saturated rings. The van der Waals surface area contributed by atoms with E-state index < -0.39 is 20.6 Å². The van der Waals surface area contributed by atoms with E-state index in [1.54, 1.807) is 0 Å². The van der Waals surface area contributed by atoms with Gasteiger partial charge in [-0.05, 0) is 59.2 Å². The Labute approximate surface area is 186 Å². The van der Waals surface area contributed by atoms with Gasteiger partial charge in [-0.15, -0.1) is 0 Å². The van der Waals surface area contributed by atoms with Crippen LogP contribution in [0, 0.1) is 0 Å². The summed E-state index contributed by atoms with van der Waals surface area (Å²) in [6.07, 6.45) is 0. The van der Waals surface area contributed by atoms with Crippen molar-refractivity contribution in [1.29, 1.82) is 0 Å². The van der Waals surface area contributed by atoms with Crippen molar-refractivity contribution < 1.29 is 23.2 Å². The molecule has 0 heterocycles. The van der Waals surface area contributed by atoms with E-state index in [4.69, 9.17) is 46.4 Å². The Bertz CT molecular complexity index is 1150. The van der Waals surface area contributed by atoms with Gasteiger partial charge < -0.3 is 10.2 Å². The fourth-order valence-electron chi connectivity index (χ4n) is 3.18. The highest BCUT2D eigenvalue weighted by molar-refractivity contribution is 7.87. The molecule has 0 spiro atoms. The van der Waals surface area contributed by atoms with Crippen molar-refractivity contribution in [3.8, 4) is 11.5 Å². The highest BCUT2D eigenvalue weighted by atomic mass is 35.5. The van der Waals surface area contributed by atoms with Crippen LogP contribution >= 0.6 is 46.4 Å². The Kier molecular flexibility index (Phi) is 5.98. The number of halogens is 4. The Hall–Kier alpha value is -1.67. The summed E-state index contributed by atoms with van der Waals surface area (Å²) >= 11 is 24.2. The minimum Gasteiger partial charge on any atom is -0.508 e. The van der Waals surface area contributed by atoms with Crippen molar-refractivity contribution >= 4 is 56.5 Å². The number of aromatic hydroxyl groups is 2. The summed E-state index contributed by atoms with van der Waals surface area (Å²) < 4.78 is 34.0. The molecular weight excluding hydrogens is 482 g/mol. The van der Waals surface area contributed by atoms with Crippen LogP contribution in [0.15, 0.2) is 54.6 Å². The van der Waals surface area contributed by atoms with Gasteiger partial charge in [0.25, 0.3) is 10.1 Å². The smallest absolute Gasteiger partial charge is 0.283 e. The van der Waals surface area contributed by atoms with Gasteiger partial charge in [-0.1, -0.05) is 58.5 Å². The first kappa shape index (κ1) is 22.0. The van der Waals surface area contributed by atoms with Gasteiger partial charge in [0, 0.05) is 10.0 Å². The van der Waals surface area contributed by atoms with E-state index >= 15 is 0 Å². The molecule has 3 N–H and O–H groups in total. The molecule has 0 bridgehead atoms. The van der Waals surface area contributed by atoms with E-state index in [1.807, 2.05) is 0 Å². The molecule has 0 aliphatic heterocycles. The summed E-state index contributed by atoms with van der Waals surface area (Å²) in [6, 6.07) is 11.4. The van der Waals surface area contributed by atoms with Crippen LogP contribution in [0.5, 0.6) is 11.5 Å². The van der Waals surface area contributed by atoms with E-state index in [-0.39, 0.29) is 42.5 Å². The molecule has 0 amide bonds. The molecule has 3 aromatic carbocycles. The van der Waals surface area contributed by atoms with Crippen molar-refractivity contribution in [2.75, 3.05) is 0 Å². The summed E-state index contributed by atoms with van der Waals surface area (Å²) in [5.74, 6) is -0.617. The molecule has 10 heteroatoms. The van der Waals surface area contributed by atoms with Crippen molar-refractivity contribution in [3.63, 3.8) is 0 Å². The molecule has 3 rings (SSSR count). The second-order valence-corrected chi connectivity index (χ2v) is 9.37. The van der Waals surface area contributed by atoms with Crippen molar-refractivity contribution in [2.24, 2.45) is 0 Å². The summed E-state index contributed by atoms with van der Waals surface area (Å²) in [5, 5.41) is 19.7. The van der Waals surface area contributed by atoms with Gasteiger partial charge in [-0.3, -0.25) is 4.55 Å². The maximum absolute atomic E-state index is 12.9. The third-order valence-electron chi connectivity index (χ3n) is 4.35. The normalized spacial score (nSPS) is 13.8. The van der Waals surface area contributed by atoms with Crippen molar-refractivity contribution in [2.45, 2.75) is 4.75 Å². The summed E-state index contributed by atoms with van der Waals surface area (Å²) in [5.41, 5.74) is -0.0918. The highest BCUT2D eigenvalue weighted by Crippen LogP contribution is 2.48. The number of phenolic OH excluding ortho intramolecular Hbond substituents is 2. The topological polar surface area (TPSA) is 94.8 Å². The minimum absolute atomic E-state index is 0.0130. The molecular formula is C19H12Cl4O5S.